The van der Waals surface area contributed by atoms with Crippen LogP contribution in [0.5, 0.6) is 0 Å². The predicted octanol–water partition coefficient (Wildman–Crippen LogP) is 1.79. The van der Waals surface area contributed by atoms with Crippen LogP contribution in [-0.2, 0) is 6.54 Å². The van der Waals surface area contributed by atoms with Gasteiger partial charge in [0, 0.05) is 18.4 Å². The fourth-order valence-electron chi connectivity index (χ4n) is 1.13. The average molecular weight is 208 g/mol. The van der Waals surface area contributed by atoms with E-state index in [-0.39, 0.29) is 6.04 Å². The van der Waals surface area contributed by atoms with Crippen LogP contribution >= 0.6 is 0 Å². The molecule has 1 aromatic heterocycles. The summed E-state index contributed by atoms with van der Waals surface area (Å²) >= 11 is 0. The van der Waals surface area contributed by atoms with E-state index in [1.807, 2.05) is 0 Å². The van der Waals surface area contributed by atoms with Gasteiger partial charge in [0.15, 0.2) is 0 Å². The maximum atomic E-state index is 12.0. The van der Waals surface area contributed by atoms with Crippen LogP contribution in [-0.4, -0.2) is 15.3 Å². The summed E-state index contributed by atoms with van der Waals surface area (Å²) < 4.78 is 37.8. The monoisotopic (exact) mass is 208 g/mol. The first-order valence-electron chi connectivity index (χ1n) is 4.15. The number of rotatable bonds is 2. The Labute approximate surface area is 78.8 Å². The maximum Gasteiger partial charge on any atom is 0.406 e. The highest BCUT2D eigenvalue weighted by Gasteiger charge is 2.29. The van der Waals surface area contributed by atoms with E-state index in [9.17, 15) is 18.0 Å². The molecule has 0 fully saturated rings. The van der Waals surface area contributed by atoms with Gasteiger partial charge in [-0.25, -0.2) is 4.79 Å². The summed E-state index contributed by atoms with van der Waals surface area (Å²) in [5.41, 5.74) is -0.627. The van der Waals surface area contributed by atoms with Gasteiger partial charge < -0.3 is 0 Å². The van der Waals surface area contributed by atoms with Crippen LogP contribution in [0.4, 0.5) is 13.2 Å². The van der Waals surface area contributed by atoms with E-state index in [0.29, 0.717) is 4.57 Å². The second-order valence-electron chi connectivity index (χ2n) is 3.32. The standard InChI is InChI=1S/C8H11F3N2O/c1-6(2)13-4-3-12(7(13)14)5-8(9,10)11/h3-4,6H,5H2,1-2H3. The zero-order valence-electron chi connectivity index (χ0n) is 7.88. The Kier molecular flexibility index (Phi) is 2.73. The first-order valence-corrected chi connectivity index (χ1v) is 4.15. The van der Waals surface area contributed by atoms with Gasteiger partial charge in [0.1, 0.15) is 6.54 Å². The van der Waals surface area contributed by atoms with Gasteiger partial charge in [-0.1, -0.05) is 0 Å². The lowest BCUT2D eigenvalue weighted by Crippen LogP contribution is -2.30. The largest absolute Gasteiger partial charge is 0.406 e. The molecule has 0 saturated carbocycles. The van der Waals surface area contributed by atoms with Gasteiger partial charge >= 0.3 is 11.9 Å². The lowest BCUT2D eigenvalue weighted by atomic mass is 10.4. The number of halogens is 3. The van der Waals surface area contributed by atoms with Gasteiger partial charge in [0.05, 0.1) is 0 Å². The highest BCUT2D eigenvalue weighted by Crippen LogP contribution is 2.16. The van der Waals surface area contributed by atoms with Crippen molar-refractivity contribution < 1.29 is 13.2 Å². The molecule has 0 bridgehead atoms. The van der Waals surface area contributed by atoms with Crippen LogP contribution < -0.4 is 5.69 Å². The first kappa shape index (κ1) is 10.9. The second kappa shape index (κ2) is 3.51. The molecular formula is C8H11F3N2O. The van der Waals surface area contributed by atoms with Crippen LogP contribution in [0.15, 0.2) is 17.2 Å². The smallest absolute Gasteiger partial charge is 0.297 e. The highest BCUT2D eigenvalue weighted by atomic mass is 19.4. The Hall–Kier alpha value is -1.20. The van der Waals surface area contributed by atoms with Crippen molar-refractivity contribution in [2.24, 2.45) is 0 Å². The molecule has 0 aliphatic heterocycles. The molecule has 0 N–H and O–H groups in total. The molecule has 3 nitrogen and oxygen atoms in total. The molecule has 0 aliphatic rings. The van der Waals surface area contributed by atoms with Crippen LogP contribution in [0.25, 0.3) is 0 Å². The summed E-state index contributed by atoms with van der Waals surface area (Å²) in [7, 11) is 0. The Morgan fingerprint density at radius 3 is 2.29 bits per heavy atom. The highest BCUT2D eigenvalue weighted by molar-refractivity contribution is 4.84. The molecule has 0 unspecified atom stereocenters. The molecular weight excluding hydrogens is 197 g/mol. The molecule has 0 saturated heterocycles. The van der Waals surface area contributed by atoms with Crippen molar-refractivity contribution in [1.29, 1.82) is 0 Å². The number of hydrogen-bond donors (Lipinski definition) is 0. The topological polar surface area (TPSA) is 26.9 Å². The van der Waals surface area contributed by atoms with E-state index < -0.39 is 18.4 Å². The van der Waals surface area contributed by atoms with E-state index in [1.54, 1.807) is 13.8 Å². The fraction of sp³-hybridized carbons (Fsp3) is 0.625. The molecule has 14 heavy (non-hydrogen) atoms. The third-order valence-electron chi connectivity index (χ3n) is 1.78. The van der Waals surface area contributed by atoms with Gasteiger partial charge in [0.25, 0.3) is 0 Å². The molecule has 0 radical (unpaired) electrons. The number of imidazole rings is 1. The van der Waals surface area contributed by atoms with Gasteiger partial charge in [-0.3, -0.25) is 9.13 Å². The minimum Gasteiger partial charge on any atom is -0.297 e. The number of nitrogens with zero attached hydrogens (tertiary/aromatic N) is 2. The summed E-state index contributed by atoms with van der Waals surface area (Å²) in [5, 5.41) is 0. The summed E-state index contributed by atoms with van der Waals surface area (Å²) in [6, 6.07) is -0.128. The Balaban J connectivity index is 2.97. The molecule has 1 rings (SSSR count). The van der Waals surface area contributed by atoms with Crippen LogP contribution in [0.2, 0.25) is 0 Å². The normalized spacial score (nSPS) is 12.4. The van der Waals surface area contributed by atoms with E-state index in [4.69, 9.17) is 0 Å². The lowest BCUT2D eigenvalue weighted by molar-refractivity contribution is -0.141. The molecule has 1 aromatic rings. The molecule has 1 heterocycles. The first-order chi connectivity index (χ1) is 6.31. The fourth-order valence-corrected chi connectivity index (χ4v) is 1.13. The van der Waals surface area contributed by atoms with Crippen molar-refractivity contribution >= 4 is 0 Å². The summed E-state index contributed by atoms with van der Waals surface area (Å²) in [4.78, 5) is 11.3. The molecule has 0 spiro atoms. The summed E-state index contributed by atoms with van der Waals surface area (Å²) in [6.07, 6.45) is -1.85. The zero-order chi connectivity index (χ0) is 10.9. The van der Waals surface area contributed by atoms with Crippen LogP contribution in [0, 0.1) is 0 Å². The van der Waals surface area contributed by atoms with E-state index in [1.165, 1.54) is 10.8 Å². The molecule has 6 heteroatoms. The third-order valence-corrected chi connectivity index (χ3v) is 1.78. The van der Waals surface area contributed by atoms with Gasteiger partial charge in [-0.2, -0.15) is 13.2 Å². The molecule has 0 atom stereocenters. The Morgan fingerprint density at radius 2 is 1.93 bits per heavy atom. The van der Waals surface area contributed by atoms with E-state index >= 15 is 0 Å². The number of alkyl halides is 3. The van der Waals surface area contributed by atoms with Crippen LogP contribution in [0.1, 0.15) is 19.9 Å². The minimum absolute atomic E-state index is 0.128. The number of aromatic nitrogens is 2. The van der Waals surface area contributed by atoms with Gasteiger partial charge in [-0.05, 0) is 13.8 Å². The van der Waals surface area contributed by atoms with Crippen molar-refractivity contribution in [1.82, 2.24) is 9.13 Å². The molecule has 0 amide bonds. The van der Waals surface area contributed by atoms with Crippen molar-refractivity contribution in [3.05, 3.63) is 22.9 Å². The second-order valence-corrected chi connectivity index (χ2v) is 3.32. The molecule has 0 aromatic carbocycles. The maximum absolute atomic E-state index is 12.0. The van der Waals surface area contributed by atoms with Crippen molar-refractivity contribution in [3.8, 4) is 0 Å². The third kappa shape index (κ3) is 2.40. The SMILES string of the molecule is CC(C)n1ccn(CC(F)(F)F)c1=O. The number of hydrogen-bond acceptors (Lipinski definition) is 1. The van der Waals surface area contributed by atoms with Crippen molar-refractivity contribution in [2.75, 3.05) is 0 Å². The van der Waals surface area contributed by atoms with Gasteiger partial charge in [-0.15, -0.1) is 0 Å². The zero-order valence-corrected chi connectivity index (χ0v) is 7.88. The molecule has 0 aliphatic carbocycles. The Bertz CT molecular complexity index is 361. The minimum atomic E-state index is -4.35. The van der Waals surface area contributed by atoms with Crippen LogP contribution in [0.3, 0.4) is 0 Å². The van der Waals surface area contributed by atoms with Crippen molar-refractivity contribution in [2.45, 2.75) is 32.6 Å². The van der Waals surface area contributed by atoms with Crippen molar-refractivity contribution in [3.63, 3.8) is 0 Å². The quantitative estimate of drug-likeness (QED) is 0.727. The Morgan fingerprint density at radius 1 is 1.36 bits per heavy atom. The van der Waals surface area contributed by atoms with E-state index in [0.717, 1.165) is 6.20 Å². The average Bonchev–Trinajstić information content (AvgIpc) is 2.29. The molecule has 80 valence electrons. The predicted molar refractivity (Wildman–Crippen MR) is 45.1 cm³/mol. The summed E-state index contributed by atoms with van der Waals surface area (Å²) in [6.45, 7) is 2.24. The lowest BCUT2D eigenvalue weighted by Gasteiger charge is -2.07. The van der Waals surface area contributed by atoms with E-state index in [2.05, 4.69) is 0 Å². The summed E-state index contributed by atoms with van der Waals surface area (Å²) in [5.74, 6) is 0. The van der Waals surface area contributed by atoms with Gasteiger partial charge in [0.2, 0.25) is 0 Å².